The number of hydrogen-bond acceptors (Lipinski definition) is 7. The highest BCUT2D eigenvalue weighted by Crippen LogP contribution is 2.34. The molecule has 192 valence electrons. The first-order chi connectivity index (χ1) is 17.2. The lowest BCUT2D eigenvalue weighted by molar-refractivity contribution is 0.0915. The predicted octanol–water partition coefficient (Wildman–Crippen LogP) is 4.04. The zero-order valence-electron chi connectivity index (χ0n) is 20.4. The first-order valence-corrected chi connectivity index (χ1v) is 13.4. The standard InChI is InChI=1S/C25H30N4O6S/c1-17(16-33-2)34-22-12-19(25(30)27-24-10-11-26-28-24)13-23(14-22)35-21-8-6-20(7-9-21)29(36(3,31)32)15-18-4-5-18/h6-14,17-18H,4-5,15-16H2,1-3H3,(H2,26,27,28,30)/t17-/m0/s1. The molecule has 0 saturated heterocycles. The van der Waals surface area contributed by atoms with Gasteiger partial charge in [-0.15, -0.1) is 0 Å². The van der Waals surface area contributed by atoms with Crippen molar-refractivity contribution in [3.05, 3.63) is 60.3 Å². The summed E-state index contributed by atoms with van der Waals surface area (Å²) < 4.78 is 43.1. The summed E-state index contributed by atoms with van der Waals surface area (Å²) in [5.41, 5.74) is 0.910. The van der Waals surface area contributed by atoms with Crippen LogP contribution in [-0.2, 0) is 14.8 Å². The number of aromatic nitrogens is 2. The van der Waals surface area contributed by atoms with Gasteiger partial charge in [-0.25, -0.2) is 8.42 Å². The summed E-state index contributed by atoms with van der Waals surface area (Å²) in [5.74, 6) is 1.81. The molecule has 1 atom stereocenters. The van der Waals surface area contributed by atoms with Crippen LogP contribution in [0.15, 0.2) is 54.7 Å². The van der Waals surface area contributed by atoms with Gasteiger partial charge in [-0.1, -0.05) is 0 Å². The van der Waals surface area contributed by atoms with E-state index in [4.69, 9.17) is 14.2 Å². The van der Waals surface area contributed by atoms with Crippen molar-refractivity contribution in [2.24, 2.45) is 5.92 Å². The van der Waals surface area contributed by atoms with Crippen LogP contribution in [0, 0.1) is 5.92 Å². The first-order valence-electron chi connectivity index (χ1n) is 11.6. The van der Waals surface area contributed by atoms with Crippen molar-refractivity contribution in [2.75, 3.05) is 36.1 Å². The van der Waals surface area contributed by atoms with E-state index in [1.807, 2.05) is 6.92 Å². The number of H-pyrrole nitrogens is 1. The van der Waals surface area contributed by atoms with Gasteiger partial charge in [-0.2, -0.15) is 5.10 Å². The molecule has 1 aliphatic rings. The minimum atomic E-state index is -3.39. The maximum absolute atomic E-state index is 12.8. The van der Waals surface area contributed by atoms with Gasteiger partial charge in [0, 0.05) is 31.4 Å². The maximum Gasteiger partial charge on any atom is 0.257 e. The van der Waals surface area contributed by atoms with E-state index in [0.717, 1.165) is 12.8 Å². The van der Waals surface area contributed by atoms with Crippen LogP contribution in [0.5, 0.6) is 17.2 Å². The number of anilines is 2. The molecule has 2 aromatic carbocycles. The monoisotopic (exact) mass is 514 g/mol. The fourth-order valence-electron chi connectivity index (χ4n) is 3.63. The molecule has 0 spiro atoms. The number of sulfonamides is 1. The van der Waals surface area contributed by atoms with Crippen LogP contribution in [0.25, 0.3) is 0 Å². The number of methoxy groups -OCH3 is 1. The zero-order valence-corrected chi connectivity index (χ0v) is 21.2. The van der Waals surface area contributed by atoms with Gasteiger partial charge in [0.05, 0.1) is 24.7 Å². The van der Waals surface area contributed by atoms with Crippen molar-refractivity contribution in [2.45, 2.75) is 25.9 Å². The molecule has 0 aliphatic heterocycles. The molecule has 1 heterocycles. The quantitative estimate of drug-likeness (QED) is 0.374. The van der Waals surface area contributed by atoms with Gasteiger partial charge in [0.2, 0.25) is 10.0 Å². The second-order valence-corrected chi connectivity index (χ2v) is 10.7. The molecular weight excluding hydrogens is 484 g/mol. The lowest BCUT2D eigenvalue weighted by atomic mass is 10.2. The van der Waals surface area contributed by atoms with Crippen molar-refractivity contribution in [1.82, 2.24) is 10.2 Å². The minimum absolute atomic E-state index is 0.249. The Bertz CT molecular complexity index is 1270. The van der Waals surface area contributed by atoms with Crippen molar-refractivity contribution in [3.8, 4) is 17.2 Å². The van der Waals surface area contributed by atoms with Crippen molar-refractivity contribution < 1.29 is 27.4 Å². The normalized spacial score (nSPS) is 14.2. The fourth-order valence-corrected chi connectivity index (χ4v) is 4.62. The van der Waals surface area contributed by atoms with Crippen molar-refractivity contribution in [3.63, 3.8) is 0 Å². The molecule has 0 bridgehead atoms. The highest BCUT2D eigenvalue weighted by Gasteiger charge is 2.28. The Balaban J connectivity index is 1.55. The number of hydrogen-bond donors (Lipinski definition) is 2. The van der Waals surface area contributed by atoms with Gasteiger partial charge < -0.3 is 19.5 Å². The summed E-state index contributed by atoms with van der Waals surface area (Å²) in [6.45, 7) is 2.71. The number of nitrogens with one attached hydrogen (secondary N) is 2. The van der Waals surface area contributed by atoms with Crippen LogP contribution in [0.1, 0.15) is 30.1 Å². The van der Waals surface area contributed by atoms with E-state index in [-0.39, 0.29) is 12.0 Å². The molecule has 1 saturated carbocycles. The Hall–Kier alpha value is -3.57. The number of rotatable bonds is 12. The molecule has 0 radical (unpaired) electrons. The molecule has 1 amide bonds. The molecule has 4 rings (SSSR count). The molecular formula is C25H30N4O6S. The molecule has 10 nitrogen and oxygen atoms in total. The van der Waals surface area contributed by atoms with E-state index in [0.29, 0.717) is 53.4 Å². The van der Waals surface area contributed by atoms with Crippen LogP contribution in [0.2, 0.25) is 0 Å². The lowest BCUT2D eigenvalue weighted by Crippen LogP contribution is -2.31. The average molecular weight is 515 g/mol. The highest BCUT2D eigenvalue weighted by atomic mass is 32.2. The van der Waals surface area contributed by atoms with Crippen molar-refractivity contribution >= 4 is 27.4 Å². The first kappa shape index (κ1) is 25.5. The van der Waals surface area contributed by atoms with Gasteiger partial charge in [0.15, 0.2) is 0 Å². The third-order valence-corrected chi connectivity index (χ3v) is 6.67. The predicted molar refractivity (Wildman–Crippen MR) is 136 cm³/mol. The largest absolute Gasteiger partial charge is 0.488 e. The highest BCUT2D eigenvalue weighted by molar-refractivity contribution is 7.92. The zero-order chi connectivity index (χ0) is 25.7. The maximum atomic E-state index is 12.8. The van der Waals surface area contributed by atoms with E-state index in [9.17, 15) is 13.2 Å². The van der Waals surface area contributed by atoms with Crippen LogP contribution >= 0.6 is 0 Å². The summed E-state index contributed by atoms with van der Waals surface area (Å²) in [6, 6.07) is 13.4. The summed E-state index contributed by atoms with van der Waals surface area (Å²) in [4.78, 5) is 12.8. The Morgan fingerprint density at radius 2 is 1.86 bits per heavy atom. The molecule has 36 heavy (non-hydrogen) atoms. The third-order valence-electron chi connectivity index (χ3n) is 5.51. The smallest absolute Gasteiger partial charge is 0.257 e. The SMILES string of the molecule is COC[C@H](C)Oc1cc(Oc2ccc(N(CC3CC3)S(C)(=O)=O)cc2)cc(C(=O)Nc2ccn[nH]2)c1. The molecule has 3 aromatic rings. The topological polar surface area (TPSA) is 123 Å². The second-order valence-electron chi connectivity index (χ2n) is 8.83. The lowest BCUT2D eigenvalue weighted by Gasteiger charge is -2.22. The second kappa shape index (κ2) is 11.0. The van der Waals surface area contributed by atoms with Gasteiger partial charge in [0.1, 0.15) is 29.2 Å². The number of aromatic amines is 1. The van der Waals surface area contributed by atoms with Crippen LogP contribution < -0.4 is 19.1 Å². The summed E-state index contributed by atoms with van der Waals surface area (Å²) in [6.07, 6.45) is 4.60. The van der Waals surface area contributed by atoms with Gasteiger partial charge in [-0.05, 0) is 62.1 Å². The molecule has 2 N–H and O–H groups in total. The molecule has 1 aliphatic carbocycles. The Morgan fingerprint density at radius 3 is 2.47 bits per heavy atom. The van der Waals surface area contributed by atoms with Gasteiger partial charge in [-0.3, -0.25) is 14.2 Å². The Labute approximate surface area is 210 Å². The van der Waals surface area contributed by atoms with E-state index in [2.05, 4.69) is 15.5 Å². The van der Waals surface area contributed by atoms with E-state index >= 15 is 0 Å². The van der Waals surface area contributed by atoms with Gasteiger partial charge >= 0.3 is 0 Å². The fraction of sp³-hybridized carbons (Fsp3) is 0.360. The van der Waals surface area contributed by atoms with Crippen LogP contribution in [0.4, 0.5) is 11.5 Å². The number of carbonyl (C=O) groups excluding carboxylic acids is 1. The minimum Gasteiger partial charge on any atom is -0.488 e. The third kappa shape index (κ3) is 6.98. The number of amides is 1. The number of ether oxygens (including phenoxy) is 3. The van der Waals surface area contributed by atoms with E-state index < -0.39 is 10.0 Å². The number of benzene rings is 2. The molecule has 11 heteroatoms. The summed E-state index contributed by atoms with van der Waals surface area (Å²) in [7, 11) is -1.80. The number of carbonyl (C=O) groups is 1. The molecule has 1 fully saturated rings. The summed E-state index contributed by atoms with van der Waals surface area (Å²) >= 11 is 0. The Kier molecular flexibility index (Phi) is 7.80. The van der Waals surface area contributed by atoms with E-state index in [1.165, 1.54) is 16.8 Å². The average Bonchev–Trinajstić information content (AvgIpc) is 3.50. The molecule has 1 aromatic heterocycles. The van der Waals surface area contributed by atoms with Crippen LogP contribution in [-0.4, -0.2) is 57.1 Å². The molecule has 0 unspecified atom stereocenters. The Morgan fingerprint density at radius 1 is 1.14 bits per heavy atom. The van der Waals surface area contributed by atoms with Gasteiger partial charge in [0.25, 0.3) is 5.91 Å². The van der Waals surface area contributed by atoms with Crippen LogP contribution in [0.3, 0.4) is 0 Å². The summed E-state index contributed by atoms with van der Waals surface area (Å²) in [5, 5.41) is 9.25. The number of nitrogens with zero attached hydrogens (tertiary/aromatic N) is 2. The van der Waals surface area contributed by atoms with Crippen molar-refractivity contribution in [1.29, 1.82) is 0 Å². The van der Waals surface area contributed by atoms with E-state index in [1.54, 1.807) is 55.6 Å².